The first kappa shape index (κ1) is 13.4. The summed E-state index contributed by atoms with van der Waals surface area (Å²) in [4.78, 5) is 2.55. The predicted molar refractivity (Wildman–Crippen MR) is 79.4 cm³/mol. The third-order valence-electron chi connectivity index (χ3n) is 4.24. The van der Waals surface area contributed by atoms with Crippen molar-refractivity contribution in [3.63, 3.8) is 0 Å². The maximum atomic E-state index is 3.66. The Hall–Kier alpha value is -1.02. The summed E-state index contributed by atoms with van der Waals surface area (Å²) in [5.74, 6) is 0.748. The number of rotatable bonds is 3. The van der Waals surface area contributed by atoms with Gasteiger partial charge < -0.3 is 10.2 Å². The monoisotopic (exact) mass is 246 g/mol. The average molecular weight is 246 g/mol. The molecule has 2 heteroatoms. The van der Waals surface area contributed by atoms with E-state index in [1.165, 1.54) is 23.2 Å². The molecule has 18 heavy (non-hydrogen) atoms. The van der Waals surface area contributed by atoms with Gasteiger partial charge in [-0.25, -0.2) is 0 Å². The molecule has 1 N–H and O–H groups in total. The van der Waals surface area contributed by atoms with Crippen LogP contribution >= 0.6 is 0 Å². The summed E-state index contributed by atoms with van der Waals surface area (Å²) in [5.41, 5.74) is 4.17. The molecule has 0 amide bonds. The number of hydrogen-bond donors (Lipinski definition) is 1. The van der Waals surface area contributed by atoms with E-state index in [1.807, 2.05) is 0 Å². The second-order valence-corrected chi connectivity index (χ2v) is 5.68. The van der Waals surface area contributed by atoms with E-state index in [4.69, 9.17) is 0 Å². The van der Waals surface area contributed by atoms with Crippen LogP contribution in [0.3, 0.4) is 0 Å². The van der Waals surface area contributed by atoms with Gasteiger partial charge in [0.05, 0.1) is 0 Å². The third kappa shape index (κ3) is 2.86. The van der Waals surface area contributed by atoms with Crippen LogP contribution in [0.5, 0.6) is 0 Å². The molecular formula is C16H26N2. The molecule has 1 aliphatic heterocycles. The van der Waals surface area contributed by atoms with E-state index in [0.29, 0.717) is 6.04 Å². The van der Waals surface area contributed by atoms with E-state index in [0.717, 1.165) is 25.6 Å². The van der Waals surface area contributed by atoms with Gasteiger partial charge >= 0.3 is 0 Å². The molecule has 1 aromatic rings. The molecule has 100 valence electrons. The Bertz CT molecular complexity index is 400. The van der Waals surface area contributed by atoms with E-state index in [1.54, 1.807) is 0 Å². The summed E-state index contributed by atoms with van der Waals surface area (Å²) in [6.45, 7) is 12.4. The molecule has 1 saturated heterocycles. The number of aryl methyl sites for hydroxylation is 2. The zero-order valence-corrected chi connectivity index (χ0v) is 12.2. The second-order valence-electron chi connectivity index (χ2n) is 5.68. The molecule has 0 bridgehead atoms. The lowest BCUT2D eigenvalue weighted by molar-refractivity contribution is 0.341. The van der Waals surface area contributed by atoms with E-state index >= 15 is 0 Å². The van der Waals surface area contributed by atoms with Gasteiger partial charge in [0, 0.05) is 31.4 Å². The highest BCUT2D eigenvalue weighted by molar-refractivity contribution is 5.55. The van der Waals surface area contributed by atoms with E-state index < -0.39 is 0 Å². The first-order valence-electron chi connectivity index (χ1n) is 7.17. The second kappa shape index (κ2) is 5.75. The molecule has 0 radical (unpaired) electrons. The fourth-order valence-electron chi connectivity index (χ4n) is 2.72. The summed E-state index contributed by atoms with van der Waals surface area (Å²) in [6.07, 6.45) is 1.25. The van der Waals surface area contributed by atoms with E-state index in [2.05, 4.69) is 56.1 Å². The zero-order valence-electron chi connectivity index (χ0n) is 12.2. The highest BCUT2D eigenvalue weighted by atomic mass is 15.2. The molecule has 1 aliphatic rings. The van der Waals surface area contributed by atoms with Crippen LogP contribution in [-0.4, -0.2) is 25.7 Å². The lowest BCUT2D eigenvalue weighted by Crippen LogP contribution is -2.53. The maximum absolute atomic E-state index is 3.66. The van der Waals surface area contributed by atoms with Gasteiger partial charge in [-0.05, 0) is 37.0 Å². The highest BCUT2D eigenvalue weighted by Gasteiger charge is 2.23. The van der Waals surface area contributed by atoms with Crippen molar-refractivity contribution in [3.05, 3.63) is 29.3 Å². The minimum Gasteiger partial charge on any atom is -0.368 e. The van der Waals surface area contributed by atoms with Gasteiger partial charge in [-0.2, -0.15) is 0 Å². The van der Waals surface area contributed by atoms with Crippen molar-refractivity contribution in [2.75, 3.05) is 24.5 Å². The molecule has 0 saturated carbocycles. The number of benzene rings is 1. The topological polar surface area (TPSA) is 15.3 Å². The smallest absolute Gasteiger partial charge is 0.0399 e. The first-order chi connectivity index (χ1) is 8.61. The molecule has 0 aromatic heterocycles. The van der Waals surface area contributed by atoms with Crippen molar-refractivity contribution in [2.45, 2.75) is 40.2 Å². The summed E-state index contributed by atoms with van der Waals surface area (Å²) >= 11 is 0. The molecule has 1 aromatic carbocycles. The highest BCUT2D eigenvalue weighted by Crippen LogP contribution is 2.24. The first-order valence-corrected chi connectivity index (χ1v) is 7.17. The van der Waals surface area contributed by atoms with Crippen molar-refractivity contribution in [2.24, 2.45) is 5.92 Å². The largest absolute Gasteiger partial charge is 0.368 e. The van der Waals surface area contributed by atoms with Crippen LogP contribution in [0, 0.1) is 19.8 Å². The lowest BCUT2D eigenvalue weighted by atomic mass is 9.96. The van der Waals surface area contributed by atoms with Crippen LogP contribution in [0.25, 0.3) is 0 Å². The summed E-state index contributed by atoms with van der Waals surface area (Å²) in [6, 6.07) is 7.40. The molecule has 0 aliphatic carbocycles. The standard InChI is InChI=1S/C16H26N2/c1-5-13(3)15-11-18(9-8-17-15)16-10-12(2)6-7-14(16)4/h6-7,10,13,15,17H,5,8-9,11H2,1-4H3. The number of anilines is 1. The summed E-state index contributed by atoms with van der Waals surface area (Å²) in [5, 5.41) is 3.66. The quantitative estimate of drug-likeness (QED) is 0.881. The van der Waals surface area contributed by atoms with Crippen LogP contribution in [0.1, 0.15) is 31.4 Å². The predicted octanol–water partition coefficient (Wildman–Crippen LogP) is 3.13. The summed E-state index contributed by atoms with van der Waals surface area (Å²) < 4.78 is 0. The Kier molecular flexibility index (Phi) is 4.28. The van der Waals surface area contributed by atoms with Crippen molar-refractivity contribution in [3.8, 4) is 0 Å². The van der Waals surface area contributed by atoms with Gasteiger partial charge in [0.1, 0.15) is 0 Å². The molecule has 1 fully saturated rings. The van der Waals surface area contributed by atoms with Gasteiger partial charge in [-0.3, -0.25) is 0 Å². The molecule has 2 unspecified atom stereocenters. The van der Waals surface area contributed by atoms with Crippen LogP contribution in [0.4, 0.5) is 5.69 Å². The van der Waals surface area contributed by atoms with Crippen LogP contribution in [-0.2, 0) is 0 Å². The van der Waals surface area contributed by atoms with Gasteiger partial charge in [0.15, 0.2) is 0 Å². The van der Waals surface area contributed by atoms with Crippen molar-refractivity contribution >= 4 is 5.69 Å². The lowest BCUT2D eigenvalue weighted by Gasteiger charge is -2.38. The molecular weight excluding hydrogens is 220 g/mol. The Balaban J connectivity index is 2.15. The van der Waals surface area contributed by atoms with Crippen molar-refractivity contribution < 1.29 is 0 Å². The van der Waals surface area contributed by atoms with Crippen LogP contribution in [0.2, 0.25) is 0 Å². The molecule has 0 spiro atoms. The van der Waals surface area contributed by atoms with Crippen molar-refractivity contribution in [1.82, 2.24) is 5.32 Å². The molecule has 2 atom stereocenters. The number of hydrogen-bond acceptors (Lipinski definition) is 2. The zero-order chi connectivity index (χ0) is 13.1. The van der Waals surface area contributed by atoms with Gasteiger partial charge in [0.2, 0.25) is 0 Å². The third-order valence-corrected chi connectivity index (χ3v) is 4.24. The minimum absolute atomic E-state index is 0.628. The van der Waals surface area contributed by atoms with Crippen LogP contribution < -0.4 is 10.2 Å². The molecule has 1 heterocycles. The van der Waals surface area contributed by atoms with Gasteiger partial charge in [0.25, 0.3) is 0 Å². The van der Waals surface area contributed by atoms with Crippen LogP contribution in [0.15, 0.2) is 18.2 Å². The number of nitrogens with zero attached hydrogens (tertiary/aromatic N) is 1. The Labute approximate surface area is 111 Å². The number of nitrogens with one attached hydrogen (secondary N) is 1. The van der Waals surface area contributed by atoms with Crippen molar-refractivity contribution in [1.29, 1.82) is 0 Å². The SMILES string of the molecule is CCC(C)C1CN(c2cc(C)ccc2C)CCN1. The normalized spacial score (nSPS) is 22.0. The fourth-order valence-corrected chi connectivity index (χ4v) is 2.72. The molecule has 2 nitrogen and oxygen atoms in total. The fraction of sp³-hybridized carbons (Fsp3) is 0.625. The Morgan fingerprint density at radius 2 is 2.17 bits per heavy atom. The number of piperazine rings is 1. The summed E-state index contributed by atoms with van der Waals surface area (Å²) in [7, 11) is 0. The van der Waals surface area contributed by atoms with Gasteiger partial charge in [-0.1, -0.05) is 32.4 Å². The maximum Gasteiger partial charge on any atom is 0.0399 e. The Morgan fingerprint density at radius 3 is 2.89 bits per heavy atom. The van der Waals surface area contributed by atoms with Gasteiger partial charge in [-0.15, -0.1) is 0 Å². The van der Waals surface area contributed by atoms with E-state index in [9.17, 15) is 0 Å². The average Bonchev–Trinajstić information content (AvgIpc) is 2.40. The molecule has 2 rings (SSSR count). The minimum atomic E-state index is 0.628. The Morgan fingerprint density at radius 1 is 1.39 bits per heavy atom. The van der Waals surface area contributed by atoms with E-state index in [-0.39, 0.29) is 0 Å².